The van der Waals surface area contributed by atoms with Crippen LogP contribution in [0.2, 0.25) is 28.2 Å². The van der Waals surface area contributed by atoms with E-state index in [0.717, 1.165) is 55.3 Å². The smallest absolute Gasteiger partial charge is 0.192 e. The molecule has 6 heteroatoms. The molecular formula is C21H35Cl2NO2Si. The van der Waals surface area contributed by atoms with Crippen molar-refractivity contribution in [2.75, 3.05) is 19.7 Å². The van der Waals surface area contributed by atoms with Gasteiger partial charge in [-0.2, -0.15) is 0 Å². The number of nitrogens with one attached hydrogen (secondary N) is 1. The molecule has 1 heterocycles. The van der Waals surface area contributed by atoms with E-state index < -0.39 is 8.32 Å². The van der Waals surface area contributed by atoms with Gasteiger partial charge in [0.2, 0.25) is 0 Å². The van der Waals surface area contributed by atoms with Gasteiger partial charge < -0.3 is 14.5 Å². The quantitative estimate of drug-likeness (QED) is 0.427. The molecule has 0 spiro atoms. The fourth-order valence-electron chi connectivity index (χ4n) is 3.97. The molecule has 1 N–H and O–H groups in total. The van der Waals surface area contributed by atoms with E-state index in [0.29, 0.717) is 16.6 Å². The predicted molar refractivity (Wildman–Crippen MR) is 119 cm³/mol. The third-order valence-corrected chi connectivity index (χ3v) is 11.3. The largest absolute Gasteiger partial charge is 0.409 e. The summed E-state index contributed by atoms with van der Waals surface area (Å²) >= 11 is 13.2. The summed E-state index contributed by atoms with van der Waals surface area (Å²) in [6.45, 7) is 13.3. The molecule has 1 aromatic carbocycles. The minimum Gasteiger partial charge on any atom is -0.409 e. The highest BCUT2D eigenvalue weighted by Gasteiger charge is 2.35. The summed E-state index contributed by atoms with van der Waals surface area (Å²) < 4.78 is 12.7. The Balaban J connectivity index is 2.23. The Morgan fingerprint density at radius 3 is 2.26 bits per heavy atom. The normalized spacial score (nSPS) is 21.6. The second-order valence-corrected chi connectivity index (χ2v) is 13.6. The number of benzene rings is 1. The average Bonchev–Trinajstić information content (AvgIpc) is 3.05. The molecule has 0 aliphatic carbocycles. The zero-order chi connectivity index (χ0) is 20.1. The lowest BCUT2D eigenvalue weighted by Crippen LogP contribution is -2.43. The highest BCUT2D eigenvalue weighted by molar-refractivity contribution is 6.73. The molecule has 2 unspecified atom stereocenters. The number of aryl methyl sites for hydroxylation is 1. The van der Waals surface area contributed by atoms with E-state index in [4.69, 9.17) is 32.4 Å². The lowest BCUT2D eigenvalue weighted by molar-refractivity contribution is 0.0188. The Labute approximate surface area is 176 Å². The molecule has 1 saturated heterocycles. The first-order chi connectivity index (χ1) is 12.8. The van der Waals surface area contributed by atoms with Crippen LogP contribution in [0, 0.1) is 6.92 Å². The SMILES string of the molecule is CC[Si](CC)(CC)OC(CNCC1(C)CCCO1)c1c(Cl)cc(C)cc1Cl. The molecule has 0 saturated carbocycles. The Hall–Kier alpha value is -0.103. The van der Waals surface area contributed by atoms with Crippen LogP contribution < -0.4 is 5.32 Å². The minimum absolute atomic E-state index is 0.0831. The number of ether oxygens (including phenoxy) is 1. The van der Waals surface area contributed by atoms with Gasteiger partial charge >= 0.3 is 0 Å². The molecule has 3 nitrogen and oxygen atoms in total. The number of hydrogen-bond donors (Lipinski definition) is 1. The number of hydrogen-bond acceptors (Lipinski definition) is 3. The van der Waals surface area contributed by atoms with Gasteiger partial charge in [0, 0.05) is 35.3 Å². The van der Waals surface area contributed by atoms with Crippen molar-refractivity contribution in [2.24, 2.45) is 0 Å². The highest BCUT2D eigenvalue weighted by Crippen LogP contribution is 2.37. The second kappa shape index (κ2) is 10.1. The van der Waals surface area contributed by atoms with Crippen molar-refractivity contribution in [1.82, 2.24) is 5.32 Å². The molecule has 27 heavy (non-hydrogen) atoms. The van der Waals surface area contributed by atoms with Crippen molar-refractivity contribution < 1.29 is 9.16 Å². The van der Waals surface area contributed by atoms with Crippen LogP contribution in [-0.2, 0) is 9.16 Å². The van der Waals surface area contributed by atoms with Crippen molar-refractivity contribution >= 4 is 31.5 Å². The zero-order valence-electron chi connectivity index (χ0n) is 17.5. The standard InChI is InChI=1S/C21H35Cl2NO2Si/c1-6-27(7-2,8-3)26-19(14-24-15-21(5)10-9-11-25-21)20-17(22)12-16(4)13-18(20)23/h12-13,19,24H,6-11,14-15H2,1-5H3. The monoisotopic (exact) mass is 431 g/mol. The van der Waals surface area contributed by atoms with Gasteiger partial charge in [-0.05, 0) is 62.5 Å². The summed E-state index contributed by atoms with van der Waals surface area (Å²) in [4.78, 5) is 0. The van der Waals surface area contributed by atoms with E-state index in [2.05, 4.69) is 33.0 Å². The summed E-state index contributed by atoms with van der Waals surface area (Å²) in [6.07, 6.45) is 2.09. The maximum absolute atomic E-state index is 6.84. The van der Waals surface area contributed by atoms with Gasteiger partial charge in [0.05, 0.1) is 11.7 Å². The van der Waals surface area contributed by atoms with E-state index in [-0.39, 0.29) is 11.7 Å². The van der Waals surface area contributed by atoms with Crippen LogP contribution in [0.4, 0.5) is 0 Å². The average molecular weight is 433 g/mol. The molecule has 0 amide bonds. The molecular weight excluding hydrogens is 397 g/mol. The van der Waals surface area contributed by atoms with Crippen LogP contribution in [0.5, 0.6) is 0 Å². The molecule has 0 aromatic heterocycles. The van der Waals surface area contributed by atoms with Gasteiger partial charge in [0.25, 0.3) is 0 Å². The van der Waals surface area contributed by atoms with E-state index in [1.54, 1.807) is 0 Å². The molecule has 0 radical (unpaired) electrons. The lowest BCUT2D eigenvalue weighted by atomic mass is 10.0. The summed E-state index contributed by atoms with van der Waals surface area (Å²) in [6, 6.07) is 7.25. The summed E-state index contributed by atoms with van der Waals surface area (Å²) in [5, 5.41) is 4.98. The zero-order valence-corrected chi connectivity index (χ0v) is 20.0. The highest BCUT2D eigenvalue weighted by atomic mass is 35.5. The number of rotatable bonds is 10. The lowest BCUT2D eigenvalue weighted by Gasteiger charge is -2.35. The minimum atomic E-state index is -1.81. The molecule has 2 atom stereocenters. The van der Waals surface area contributed by atoms with Crippen molar-refractivity contribution in [2.45, 2.75) is 77.3 Å². The molecule has 154 valence electrons. The van der Waals surface area contributed by atoms with E-state index in [1.165, 1.54) is 0 Å². The van der Waals surface area contributed by atoms with Crippen molar-refractivity contribution in [3.8, 4) is 0 Å². The molecule has 2 rings (SSSR count). The van der Waals surface area contributed by atoms with Gasteiger partial charge in [0.15, 0.2) is 8.32 Å². The van der Waals surface area contributed by atoms with Gasteiger partial charge in [0.1, 0.15) is 0 Å². The molecule has 1 aliphatic rings. The van der Waals surface area contributed by atoms with Crippen LogP contribution in [0.15, 0.2) is 12.1 Å². The summed E-state index contributed by atoms with van der Waals surface area (Å²) in [7, 11) is -1.81. The third-order valence-electron chi connectivity index (χ3n) is 6.00. The van der Waals surface area contributed by atoms with Crippen LogP contribution in [0.1, 0.15) is 57.8 Å². The van der Waals surface area contributed by atoms with Crippen molar-refractivity contribution in [3.63, 3.8) is 0 Å². The molecule has 1 aliphatic heterocycles. The van der Waals surface area contributed by atoms with Crippen LogP contribution >= 0.6 is 23.2 Å². The van der Waals surface area contributed by atoms with Crippen LogP contribution in [0.25, 0.3) is 0 Å². The molecule has 0 bridgehead atoms. The number of halogens is 2. The van der Waals surface area contributed by atoms with E-state index >= 15 is 0 Å². The predicted octanol–water partition coefficient (Wildman–Crippen LogP) is 6.52. The summed E-state index contributed by atoms with van der Waals surface area (Å²) in [5.41, 5.74) is 1.90. The van der Waals surface area contributed by atoms with Gasteiger partial charge in [-0.1, -0.05) is 44.0 Å². The van der Waals surface area contributed by atoms with Crippen molar-refractivity contribution in [3.05, 3.63) is 33.3 Å². The fourth-order valence-corrected chi connectivity index (χ4v) is 7.61. The van der Waals surface area contributed by atoms with Crippen LogP contribution in [0.3, 0.4) is 0 Å². The first kappa shape index (κ1) is 23.2. The van der Waals surface area contributed by atoms with Crippen LogP contribution in [-0.4, -0.2) is 33.6 Å². The van der Waals surface area contributed by atoms with Crippen molar-refractivity contribution in [1.29, 1.82) is 0 Å². The maximum Gasteiger partial charge on any atom is 0.192 e. The second-order valence-electron chi connectivity index (χ2n) is 8.03. The van der Waals surface area contributed by atoms with E-state index in [1.807, 2.05) is 19.1 Å². The van der Waals surface area contributed by atoms with Gasteiger partial charge in [-0.3, -0.25) is 0 Å². The first-order valence-corrected chi connectivity index (χ1v) is 13.5. The third kappa shape index (κ3) is 5.94. The fraction of sp³-hybridized carbons (Fsp3) is 0.714. The Morgan fingerprint density at radius 2 is 1.78 bits per heavy atom. The van der Waals surface area contributed by atoms with Gasteiger partial charge in [-0.25, -0.2) is 0 Å². The Bertz CT molecular complexity index is 585. The topological polar surface area (TPSA) is 30.5 Å². The first-order valence-electron chi connectivity index (χ1n) is 10.3. The van der Waals surface area contributed by atoms with Gasteiger partial charge in [-0.15, -0.1) is 0 Å². The molecule has 1 fully saturated rings. The Morgan fingerprint density at radius 1 is 1.19 bits per heavy atom. The Kier molecular flexibility index (Phi) is 8.66. The molecule has 1 aromatic rings. The van der Waals surface area contributed by atoms with E-state index in [9.17, 15) is 0 Å². The maximum atomic E-state index is 6.84. The summed E-state index contributed by atoms with van der Waals surface area (Å²) in [5.74, 6) is 0.